The summed E-state index contributed by atoms with van der Waals surface area (Å²) in [5.74, 6) is 0. The molecule has 84 valence electrons. The van der Waals surface area contributed by atoms with E-state index in [-0.39, 0.29) is 5.54 Å². The van der Waals surface area contributed by atoms with Gasteiger partial charge in [-0.3, -0.25) is 0 Å². The van der Waals surface area contributed by atoms with E-state index < -0.39 is 0 Å². The first kappa shape index (κ1) is 9.91. The van der Waals surface area contributed by atoms with Crippen molar-refractivity contribution < 1.29 is 0 Å². The van der Waals surface area contributed by atoms with Crippen molar-refractivity contribution in [2.45, 2.75) is 38.1 Å². The summed E-state index contributed by atoms with van der Waals surface area (Å²) in [5.41, 5.74) is 10.3. The van der Waals surface area contributed by atoms with Crippen LogP contribution in [0.5, 0.6) is 0 Å². The highest BCUT2D eigenvalue weighted by Gasteiger charge is 2.31. The zero-order chi connectivity index (χ0) is 11.2. The summed E-state index contributed by atoms with van der Waals surface area (Å²) >= 11 is 0. The second kappa shape index (κ2) is 3.36. The van der Waals surface area contributed by atoms with Crippen molar-refractivity contribution in [2.75, 3.05) is 0 Å². The van der Waals surface area contributed by atoms with Crippen LogP contribution in [0.25, 0.3) is 10.9 Å². The fourth-order valence-electron chi connectivity index (χ4n) is 2.94. The lowest BCUT2D eigenvalue weighted by Crippen LogP contribution is -2.33. The van der Waals surface area contributed by atoms with Crippen LogP contribution in [0.1, 0.15) is 36.8 Å². The third-order valence-electron chi connectivity index (χ3n) is 3.93. The maximum absolute atomic E-state index is 6.50. The number of benzene rings is 1. The van der Waals surface area contributed by atoms with Gasteiger partial charge in [-0.1, -0.05) is 18.9 Å². The van der Waals surface area contributed by atoms with Gasteiger partial charge in [-0.15, -0.1) is 0 Å². The number of hydrogen-bond donors (Lipinski definition) is 2. The van der Waals surface area contributed by atoms with Gasteiger partial charge in [0, 0.05) is 17.3 Å². The number of aromatic amines is 1. The van der Waals surface area contributed by atoms with E-state index >= 15 is 0 Å². The van der Waals surface area contributed by atoms with Gasteiger partial charge < -0.3 is 10.7 Å². The quantitative estimate of drug-likeness (QED) is 0.752. The van der Waals surface area contributed by atoms with E-state index in [1.807, 2.05) is 6.20 Å². The zero-order valence-corrected chi connectivity index (χ0v) is 9.72. The fourth-order valence-corrected chi connectivity index (χ4v) is 2.94. The minimum atomic E-state index is -0.0732. The van der Waals surface area contributed by atoms with Crippen molar-refractivity contribution in [3.05, 3.63) is 35.5 Å². The van der Waals surface area contributed by atoms with Crippen molar-refractivity contribution in [3.63, 3.8) is 0 Å². The van der Waals surface area contributed by atoms with E-state index in [2.05, 4.69) is 30.1 Å². The van der Waals surface area contributed by atoms with Crippen molar-refractivity contribution in [1.82, 2.24) is 4.98 Å². The van der Waals surface area contributed by atoms with Crippen LogP contribution in [0, 0.1) is 6.92 Å². The summed E-state index contributed by atoms with van der Waals surface area (Å²) in [6, 6.07) is 6.64. The van der Waals surface area contributed by atoms with Crippen LogP contribution < -0.4 is 5.73 Å². The molecular formula is C14H18N2. The van der Waals surface area contributed by atoms with Crippen LogP contribution in [0.3, 0.4) is 0 Å². The van der Waals surface area contributed by atoms with E-state index in [9.17, 15) is 0 Å². The lowest BCUT2D eigenvalue weighted by atomic mass is 9.87. The normalized spacial score (nSPS) is 19.4. The van der Waals surface area contributed by atoms with Crippen LogP contribution in [0.4, 0.5) is 0 Å². The fraction of sp³-hybridized carbons (Fsp3) is 0.429. The SMILES string of the molecule is Cc1cc(C2(N)CCCC2)cc2cc[nH]c12. The van der Waals surface area contributed by atoms with E-state index in [1.54, 1.807) is 0 Å². The van der Waals surface area contributed by atoms with Crippen LogP contribution >= 0.6 is 0 Å². The molecule has 1 aliphatic carbocycles. The van der Waals surface area contributed by atoms with Crippen LogP contribution in [-0.2, 0) is 5.54 Å². The maximum Gasteiger partial charge on any atom is 0.0483 e. The molecular weight excluding hydrogens is 196 g/mol. The summed E-state index contributed by atoms with van der Waals surface area (Å²) in [4.78, 5) is 3.28. The van der Waals surface area contributed by atoms with Crippen molar-refractivity contribution in [1.29, 1.82) is 0 Å². The first-order valence-corrected chi connectivity index (χ1v) is 6.06. The molecule has 0 unspecified atom stereocenters. The standard InChI is InChI=1S/C14H18N2/c1-10-8-12(14(15)5-2-3-6-14)9-11-4-7-16-13(10)11/h4,7-9,16H,2-3,5-6,15H2,1H3. The molecule has 0 amide bonds. The van der Waals surface area contributed by atoms with E-state index in [1.165, 1.54) is 34.9 Å². The van der Waals surface area contributed by atoms with Gasteiger partial charge >= 0.3 is 0 Å². The highest BCUT2D eigenvalue weighted by molar-refractivity contribution is 5.83. The van der Waals surface area contributed by atoms with Gasteiger partial charge in [-0.2, -0.15) is 0 Å². The topological polar surface area (TPSA) is 41.8 Å². The van der Waals surface area contributed by atoms with Crippen LogP contribution in [0.15, 0.2) is 24.4 Å². The molecule has 3 rings (SSSR count). The molecule has 0 radical (unpaired) electrons. The first-order chi connectivity index (χ1) is 7.69. The number of aromatic nitrogens is 1. The van der Waals surface area contributed by atoms with E-state index in [0.717, 1.165) is 12.8 Å². The Bertz CT molecular complexity index is 519. The summed E-state index contributed by atoms with van der Waals surface area (Å²) in [7, 11) is 0. The molecule has 2 heteroatoms. The Morgan fingerprint density at radius 3 is 2.75 bits per heavy atom. The van der Waals surface area contributed by atoms with E-state index in [0.29, 0.717) is 0 Å². The molecule has 1 saturated carbocycles. The molecule has 0 atom stereocenters. The Labute approximate surface area is 95.8 Å². The number of fused-ring (bicyclic) bond motifs is 1. The summed E-state index contributed by atoms with van der Waals surface area (Å²) in [5, 5.41) is 1.28. The van der Waals surface area contributed by atoms with Gasteiger partial charge in [-0.25, -0.2) is 0 Å². The summed E-state index contributed by atoms with van der Waals surface area (Å²) < 4.78 is 0. The van der Waals surface area contributed by atoms with Crippen LogP contribution in [0.2, 0.25) is 0 Å². The Hall–Kier alpha value is -1.28. The average Bonchev–Trinajstić information content (AvgIpc) is 2.86. The maximum atomic E-state index is 6.50. The highest BCUT2D eigenvalue weighted by Crippen LogP contribution is 2.37. The smallest absolute Gasteiger partial charge is 0.0483 e. The Kier molecular flexibility index (Phi) is 2.08. The molecule has 0 spiro atoms. The number of hydrogen-bond acceptors (Lipinski definition) is 1. The monoisotopic (exact) mass is 214 g/mol. The number of H-pyrrole nitrogens is 1. The predicted molar refractivity (Wildman–Crippen MR) is 67.4 cm³/mol. The number of nitrogens with two attached hydrogens (primary N) is 1. The highest BCUT2D eigenvalue weighted by atomic mass is 14.8. The second-order valence-electron chi connectivity index (χ2n) is 5.10. The average molecular weight is 214 g/mol. The van der Waals surface area contributed by atoms with Gasteiger partial charge in [0.05, 0.1) is 0 Å². The Balaban J connectivity index is 2.16. The molecule has 1 aromatic carbocycles. The van der Waals surface area contributed by atoms with Gasteiger partial charge in [0.2, 0.25) is 0 Å². The molecule has 1 aromatic heterocycles. The van der Waals surface area contributed by atoms with Gasteiger partial charge in [0.15, 0.2) is 0 Å². The van der Waals surface area contributed by atoms with Gasteiger partial charge in [0.1, 0.15) is 0 Å². The lowest BCUT2D eigenvalue weighted by molar-refractivity contribution is 0.462. The molecule has 3 N–H and O–H groups in total. The predicted octanol–water partition coefficient (Wildman–Crippen LogP) is 3.20. The molecule has 2 aromatic rings. The minimum absolute atomic E-state index is 0.0732. The molecule has 1 heterocycles. The summed E-state index contributed by atoms with van der Waals surface area (Å²) in [6.45, 7) is 2.15. The zero-order valence-electron chi connectivity index (χ0n) is 9.72. The minimum Gasteiger partial charge on any atom is -0.361 e. The summed E-state index contributed by atoms with van der Waals surface area (Å²) in [6.07, 6.45) is 6.78. The molecule has 16 heavy (non-hydrogen) atoms. The lowest BCUT2D eigenvalue weighted by Gasteiger charge is -2.24. The Morgan fingerprint density at radius 1 is 1.25 bits per heavy atom. The van der Waals surface area contributed by atoms with Gasteiger partial charge in [0.25, 0.3) is 0 Å². The number of nitrogens with one attached hydrogen (secondary N) is 1. The molecule has 0 aliphatic heterocycles. The third kappa shape index (κ3) is 1.37. The Morgan fingerprint density at radius 2 is 2.00 bits per heavy atom. The number of aryl methyl sites for hydroxylation is 1. The van der Waals surface area contributed by atoms with Gasteiger partial charge in [-0.05, 0) is 48.4 Å². The molecule has 0 saturated heterocycles. The van der Waals surface area contributed by atoms with Crippen LogP contribution in [-0.4, -0.2) is 4.98 Å². The molecule has 0 bridgehead atoms. The first-order valence-electron chi connectivity index (χ1n) is 6.06. The molecule has 2 nitrogen and oxygen atoms in total. The van der Waals surface area contributed by atoms with Crippen molar-refractivity contribution >= 4 is 10.9 Å². The number of rotatable bonds is 1. The largest absolute Gasteiger partial charge is 0.361 e. The van der Waals surface area contributed by atoms with E-state index in [4.69, 9.17) is 5.73 Å². The molecule has 1 aliphatic rings. The van der Waals surface area contributed by atoms with Crippen molar-refractivity contribution in [3.8, 4) is 0 Å². The second-order valence-corrected chi connectivity index (χ2v) is 5.10. The molecule has 1 fully saturated rings. The third-order valence-corrected chi connectivity index (χ3v) is 3.93. The van der Waals surface area contributed by atoms with Crippen molar-refractivity contribution in [2.24, 2.45) is 5.73 Å².